The summed E-state index contributed by atoms with van der Waals surface area (Å²) >= 11 is -0.346. The molecule has 410 valence electrons. The summed E-state index contributed by atoms with van der Waals surface area (Å²) in [5.74, 6) is 1.82. The first-order chi connectivity index (χ1) is 38.4. The predicted octanol–water partition coefficient (Wildman–Crippen LogP) is 15.4. The molecule has 0 saturated carbocycles. The number of ether oxygens (including phenoxy) is 2. The molecule has 0 fully saturated rings. The number of rotatable bonds is 13. The summed E-state index contributed by atoms with van der Waals surface area (Å²) in [5, 5.41) is 13.9. The van der Waals surface area contributed by atoms with Crippen molar-refractivity contribution in [3.05, 3.63) is 250 Å². The van der Waals surface area contributed by atoms with Gasteiger partial charge in [0.05, 0.1) is 35.6 Å². The van der Waals surface area contributed by atoms with Crippen LogP contribution in [0.1, 0.15) is 69.5 Å². The van der Waals surface area contributed by atoms with Gasteiger partial charge in [-0.25, -0.2) is 0 Å². The van der Waals surface area contributed by atoms with Crippen molar-refractivity contribution in [3.8, 4) is 22.6 Å². The van der Waals surface area contributed by atoms with Gasteiger partial charge in [0.25, 0.3) is 0 Å². The molecule has 0 saturated heterocycles. The average molecular weight is 1220 g/mol. The molecule has 4 N–H and O–H groups in total. The molecular weight excluding hydrogens is 1150 g/mol. The first kappa shape index (κ1) is 60.4. The van der Waals surface area contributed by atoms with Gasteiger partial charge in [-0.3, -0.25) is 0 Å². The third-order valence-electron chi connectivity index (χ3n) is 15.1. The SMILES string of the molecule is COc1ccc(C(N)(c2ccc(OC)cc2)[C@@H](N)C(C)C)cc1.Cc1cc(C)cc([PH+](c2cc(C)cc(C)c2)c2ccc3ccccc3c2-c2c([PH+](c3cc(C)cc(C)c3)c3cc(C)cc(C)c3)ccc3ccccc23)c1.[Cl][Ru+2][Cl]. The number of hydrogen-bond acceptors (Lipinski definition) is 4. The molecule has 0 aromatic heterocycles. The van der Waals surface area contributed by atoms with E-state index in [1.54, 1.807) is 14.2 Å². The number of benzene rings is 10. The Labute approximate surface area is 494 Å². The number of fused-ring (bicyclic) bond motifs is 2. The Morgan fingerprint density at radius 2 is 0.688 bits per heavy atom. The van der Waals surface area contributed by atoms with E-state index in [0.29, 0.717) is 0 Å². The maximum absolute atomic E-state index is 6.86. The van der Waals surface area contributed by atoms with Crippen LogP contribution in [-0.4, -0.2) is 20.3 Å². The fourth-order valence-corrected chi connectivity index (χ4v) is 18.1. The van der Waals surface area contributed by atoms with Crippen LogP contribution in [0.3, 0.4) is 0 Å². The van der Waals surface area contributed by atoms with Gasteiger partial charge >= 0.3 is 34.5 Å². The molecule has 0 amide bonds. The van der Waals surface area contributed by atoms with Crippen molar-refractivity contribution in [1.82, 2.24) is 0 Å². The molecule has 0 aliphatic rings. The van der Waals surface area contributed by atoms with E-state index in [-0.39, 0.29) is 27.1 Å². The van der Waals surface area contributed by atoms with Crippen molar-refractivity contribution in [3.63, 3.8) is 0 Å². The van der Waals surface area contributed by atoms with Crippen LogP contribution in [-0.2, 0) is 20.7 Å². The first-order valence-corrected chi connectivity index (χ1v) is 34.7. The molecule has 80 heavy (non-hydrogen) atoms. The van der Waals surface area contributed by atoms with Gasteiger partial charge in [0.2, 0.25) is 0 Å². The van der Waals surface area contributed by atoms with Crippen LogP contribution in [0.5, 0.6) is 11.5 Å². The topological polar surface area (TPSA) is 70.5 Å². The zero-order chi connectivity index (χ0) is 57.4. The molecule has 0 unspecified atom stereocenters. The van der Waals surface area contributed by atoms with Crippen molar-refractivity contribution < 1.29 is 24.6 Å². The van der Waals surface area contributed by atoms with Crippen LogP contribution < -0.4 is 52.8 Å². The molecule has 10 aromatic rings. The fourth-order valence-electron chi connectivity index (χ4n) is 11.7. The Morgan fingerprint density at radius 3 is 0.950 bits per heavy atom. The molecule has 0 bridgehead atoms. The Bertz CT molecular complexity index is 3350. The second-order valence-corrected chi connectivity index (χ2v) is 29.3. The zero-order valence-electron chi connectivity index (χ0n) is 48.2. The number of hydrogen-bond donors (Lipinski definition) is 2. The van der Waals surface area contributed by atoms with E-state index in [2.05, 4.69) is 215 Å². The van der Waals surface area contributed by atoms with Crippen LogP contribution in [0.15, 0.2) is 194 Å². The average Bonchev–Trinajstić information content (AvgIpc) is 3.62. The number of nitrogens with two attached hydrogens (primary N) is 2. The quantitative estimate of drug-likeness (QED) is 0.0891. The van der Waals surface area contributed by atoms with Gasteiger partial charge in [-0.15, -0.1) is 0 Å². The molecule has 10 aromatic carbocycles. The number of aryl methyl sites for hydroxylation is 8. The van der Waals surface area contributed by atoms with E-state index in [9.17, 15) is 0 Å². The summed E-state index contributed by atoms with van der Waals surface area (Å²) in [6, 6.07) is 72.2. The standard InChI is InChI=1S/C52H48P2.C19H26N2O2.2ClH.Ru/c1-33-21-34(2)26-43(25-33)53(44-27-35(3)22-36(4)28-44)49-19-17-41-13-9-11-15-47(41)51(49)52-48-16-12-10-14-42(48)18-20-50(52)54(45-29-37(5)23-38(6)30-45)46-31-39(7)24-40(8)32-46;1-13(2)18(20)19(21,14-5-9-16(22-3)10-6-14)15-7-11-17(23-4)12-8-15;;;/h9-32H,1-8H3;5-13,18H,20-21H2,1-4H3;2*1H;/q;;;;+4/t;18-;;;/m.0.../s1. The maximum atomic E-state index is 6.86. The van der Waals surface area contributed by atoms with Crippen LogP contribution >= 0.6 is 35.2 Å². The van der Waals surface area contributed by atoms with Gasteiger partial charge < -0.3 is 20.9 Å². The van der Waals surface area contributed by atoms with Gasteiger partial charge in [-0.05, 0) is 223 Å². The molecule has 9 heteroatoms. The third-order valence-corrected chi connectivity index (χ3v) is 20.4. The molecule has 10 rings (SSSR count). The third kappa shape index (κ3) is 13.6. The Morgan fingerprint density at radius 1 is 0.412 bits per heavy atom. The normalized spacial score (nSPS) is 11.8. The van der Waals surface area contributed by atoms with E-state index >= 15 is 0 Å². The van der Waals surface area contributed by atoms with Crippen molar-refractivity contribution in [2.45, 2.75) is 80.8 Å². The van der Waals surface area contributed by atoms with E-state index in [1.165, 1.54) is 109 Å². The first-order valence-electron chi connectivity index (χ1n) is 27.2. The van der Waals surface area contributed by atoms with E-state index in [4.69, 9.17) is 40.3 Å². The molecule has 0 aliphatic carbocycles. The molecule has 1 atom stereocenters. The molecule has 0 radical (unpaired) electrons. The van der Waals surface area contributed by atoms with Crippen LogP contribution in [0, 0.1) is 61.3 Å². The van der Waals surface area contributed by atoms with E-state index in [1.807, 2.05) is 48.5 Å². The van der Waals surface area contributed by atoms with E-state index < -0.39 is 21.4 Å². The summed E-state index contributed by atoms with van der Waals surface area (Å²) in [6.45, 7) is 22.2. The minimum atomic E-state index is -1.49. The summed E-state index contributed by atoms with van der Waals surface area (Å²) < 4.78 is 10.5. The van der Waals surface area contributed by atoms with Crippen molar-refractivity contribution >= 4 is 88.6 Å². The number of methoxy groups -OCH3 is 2. The summed E-state index contributed by atoms with van der Waals surface area (Å²) in [5.41, 5.74) is 27.9. The van der Waals surface area contributed by atoms with E-state index in [0.717, 1.165) is 22.6 Å². The minimum absolute atomic E-state index is 0.226. The Hall–Kier alpha value is -5.70. The van der Waals surface area contributed by atoms with Gasteiger partial charge in [0.15, 0.2) is 0 Å². The second-order valence-electron chi connectivity index (χ2n) is 21.8. The van der Waals surface area contributed by atoms with Crippen LogP contribution in [0.2, 0.25) is 0 Å². The zero-order valence-corrected chi connectivity index (χ0v) is 53.5. The second kappa shape index (κ2) is 26.9. The summed E-state index contributed by atoms with van der Waals surface area (Å²) in [7, 11) is 10.0. The van der Waals surface area contributed by atoms with Crippen LogP contribution in [0.25, 0.3) is 32.7 Å². The fraction of sp³-hybridized carbons (Fsp3) is 0.211. The molecule has 0 spiro atoms. The summed E-state index contributed by atoms with van der Waals surface area (Å²) in [6.07, 6.45) is 0. The van der Waals surface area contributed by atoms with Gasteiger partial charge in [0.1, 0.15) is 43.3 Å². The van der Waals surface area contributed by atoms with Crippen molar-refractivity contribution in [2.75, 3.05) is 14.2 Å². The Balaban J connectivity index is 0.000000270. The van der Waals surface area contributed by atoms with Crippen LogP contribution in [0.4, 0.5) is 0 Å². The van der Waals surface area contributed by atoms with Gasteiger partial charge in [0, 0.05) is 17.2 Å². The van der Waals surface area contributed by atoms with Crippen molar-refractivity contribution in [1.29, 1.82) is 0 Å². The monoisotopic (exact) mass is 1220 g/mol. The van der Waals surface area contributed by atoms with Gasteiger partial charge in [-0.1, -0.05) is 123 Å². The predicted molar refractivity (Wildman–Crippen MR) is 350 cm³/mol. The molecule has 0 heterocycles. The van der Waals surface area contributed by atoms with Crippen molar-refractivity contribution in [2.24, 2.45) is 17.4 Å². The summed E-state index contributed by atoms with van der Waals surface area (Å²) in [4.78, 5) is 0. The molecule has 4 nitrogen and oxygen atoms in total. The molecular formula is C71H76Cl2N2O2P2Ru+4. The van der Waals surface area contributed by atoms with Gasteiger partial charge in [-0.2, -0.15) is 0 Å². The molecule has 0 aliphatic heterocycles. The Kier molecular flexibility index (Phi) is 20.3. The number of halogens is 2.